The Kier molecular flexibility index (Phi) is 6.07. The number of benzene rings is 2. The van der Waals surface area contributed by atoms with E-state index < -0.39 is 5.54 Å². The fourth-order valence-corrected chi connectivity index (χ4v) is 5.20. The van der Waals surface area contributed by atoms with Crippen LogP contribution in [0.4, 0.5) is 9.18 Å². The first-order valence-corrected chi connectivity index (χ1v) is 11.4. The molecule has 2 N–H and O–H groups in total. The van der Waals surface area contributed by atoms with Gasteiger partial charge in [-0.25, -0.2) is 9.18 Å². The molecule has 0 radical (unpaired) electrons. The van der Waals surface area contributed by atoms with Crippen LogP contribution < -0.4 is 10.6 Å². The maximum Gasteiger partial charge on any atom is 0.315 e. The monoisotopic (exact) mass is 423 g/mol. The first-order chi connectivity index (χ1) is 14.7. The smallest absolute Gasteiger partial charge is 0.315 e. The normalized spacial score (nSPS) is 26.1. The van der Waals surface area contributed by atoms with Crippen molar-refractivity contribution in [1.82, 2.24) is 15.5 Å². The van der Waals surface area contributed by atoms with Gasteiger partial charge in [-0.1, -0.05) is 36.4 Å². The number of halogens is 1. The van der Waals surface area contributed by atoms with Crippen LogP contribution in [0.3, 0.4) is 0 Å². The Morgan fingerprint density at radius 2 is 1.58 bits per heavy atom. The summed E-state index contributed by atoms with van der Waals surface area (Å²) in [6.07, 6.45) is 4.46. The lowest BCUT2D eigenvalue weighted by Gasteiger charge is -2.46. The van der Waals surface area contributed by atoms with Gasteiger partial charge in [0, 0.05) is 5.54 Å². The molecular weight excluding hydrogens is 389 g/mol. The van der Waals surface area contributed by atoms with Crippen molar-refractivity contribution in [3.63, 3.8) is 0 Å². The molecule has 2 bridgehead atoms. The summed E-state index contributed by atoms with van der Waals surface area (Å²) in [5.74, 6) is 0.299. The highest BCUT2D eigenvalue weighted by Gasteiger charge is 2.39. The molecule has 0 aromatic heterocycles. The minimum absolute atomic E-state index is 0.0990. The molecule has 1 unspecified atom stereocenters. The SMILES string of the molecule is CC(C)(NC(=O)NC1(C)CCCN2CCC1CC2)c1ccc(-c2ccc(F)cc2)cc1. The molecule has 0 spiro atoms. The number of carbonyl (C=O) groups is 1. The number of nitrogens with zero attached hydrogens (tertiary/aromatic N) is 1. The van der Waals surface area contributed by atoms with Gasteiger partial charge >= 0.3 is 6.03 Å². The van der Waals surface area contributed by atoms with Gasteiger partial charge in [-0.3, -0.25) is 0 Å². The van der Waals surface area contributed by atoms with Crippen LogP contribution in [-0.2, 0) is 5.54 Å². The number of piperidine rings is 1. The summed E-state index contributed by atoms with van der Waals surface area (Å²) in [5.41, 5.74) is 2.37. The Morgan fingerprint density at radius 1 is 1.00 bits per heavy atom. The van der Waals surface area contributed by atoms with Gasteiger partial charge in [0.2, 0.25) is 0 Å². The number of hydrogen-bond acceptors (Lipinski definition) is 2. The molecular formula is C26H34FN3O. The minimum Gasteiger partial charge on any atom is -0.333 e. The molecule has 2 aromatic rings. The zero-order chi connectivity index (χ0) is 22.1. The maximum atomic E-state index is 13.2. The third-order valence-electron chi connectivity index (χ3n) is 7.27. The van der Waals surface area contributed by atoms with E-state index >= 15 is 0 Å². The topological polar surface area (TPSA) is 44.4 Å². The van der Waals surface area contributed by atoms with Crippen molar-refractivity contribution in [1.29, 1.82) is 0 Å². The van der Waals surface area contributed by atoms with Crippen LogP contribution in [0, 0.1) is 11.7 Å². The number of carbonyl (C=O) groups excluding carboxylic acids is 1. The molecule has 0 aliphatic carbocycles. The Labute approximate surface area is 185 Å². The molecule has 2 aromatic carbocycles. The third-order valence-corrected chi connectivity index (χ3v) is 7.27. The van der Waals surface area contributed by atoms with E-state index in [0.717, 1.165) is 62.0 Å². The van der Waals surface area contributed by atoms with Gasteiger partial charge in [0.1, 0.15) is 5.82 Å². The minimum atomic E-state index is -0.507. The molecule has 3 aliphatic rings. The van der Waals surface area contributed by atoms with Crippen LogP contribution in [-0.4, -0.2) is 36.1 Å². The summed E-state index contributed by atoms with van der Waals surface area (Å²) in [5, 5.41) is 6.55. The molecule has 166 valence electrons. The standard InChI is InChI=1S/C26H34FN3O/c1-25(2,21-9-5-19(6-10-21)20-7-11-23(27)12-8-20)28-24(31)29-26(3)15-4-16-30-17-13-22(26)14-18-30/h5-12,22H,4,13-18H2,1-3H3,(H2,28,29,31). The molecule has 5 rings (SSSR count). The van der Waals surface area contributed by atoms with Crippen LogP contribution in [0.1, 0.15) is 52.0 Å². The largest absolute Gasteiger partial charge is 0.333 e. The maximum absolute atomic E-state index is 13.2. The van der Waals surface area contributed by atoms with E-state index in [9.17, 15) is 9.18 Å². The fourth-order valence-electron chi connectivity index (χ4n) is 5.20. The van der Waals surface area contributed by atoms with Crippen molar-refractivity contribution in [2.75, 3.05) is 19.6 Å². The second-order valence-corrected chi connectivity index (χ2v) is 9.93. The van der Waals surface area contributed by atoms with Crippen molar-refractivity contribution in [3.8, 4) is 11.1 Å². The highest BCUT2D eigenvalue weighted by molar-refractivity contribution is 5.76. The number of rotatable bonds is 4. The van der Waals surface area contributed by atoms with Crippen molar-refractivity contribution < 1.29 is 9.18 Å². The van der Waals surface area contributed by atoms with E-state index in [1.807, 2.05) is 38.1 Å². The first kappa shape index (κ1) is 21.8. The van der Waals surface area contributed by atoms with Crippen molar-refractivity contribution >= 4 is 6.03 Å². The van der Waals surface area contributed by atoms with E-state index in [2.05, 4.69) is 22.5 Å². The van der Waals surface area contributed by atoms with Gasteiger partial charge in [-0.15, -0.1) is 0 Å². The number of urea groups is 1. The fraction of sp³-hybridized carbons (Fsp3) is 0.500. The predicted molar refractivity (Wildman–Crippen MR) is 123 cm³/mol. The van der Waals surface area contributed by atoms with E-state index in [1.54, 1.807) is 12.1 Å². The van der Waals surface area contributed by atoms with Gasteiger partial charge in [-0.2, -0.15) is 0 Å². The van der Waals surface area contributed by atoms with Crippen molar-refractivity contribution in [3.05, 3.63) is 59.9 Å². The molecule has 3 heterocycles. The average Bonchev–Trinajstić information content (AvgIpc) is 2.73. The zero-order valence-electron chi connectivity index (χ0n) is 18.9. The van der Waals surface area contributed by atoms with Gasteiger partial charge in [0.25, 0.3) is 0 Å². The summed E-state index contributed by atoms with van der Waals surface area (Å²) in [4.78, 5) is 15.6. The molecule has 31 heavy (non-hydrogen) atoms. The van der Waals surface area contributed by atoms with Gasteiger partial charge in [0.05, 0.1) is 5.54 Å². The Balaban J connectivity index is 1.42. The molecule has 3 fully saturated rings. The number of hydrogen-bond donors (Lipinski definition) is 2. The summed E-state index contributed by atoms with van der Waals surface area (Å²) >= 11 is 0. The number of amides is 2. The Bertz CT molecular complexity index is 898. The van der Waals surface area contributed by atoms with E-state index in [0.29, 0.717) is 5.92 Å². The van der Waals surface area contributed by atoms with Crippen molar-refractivity contribution in [2.24, 2.45) is 5.92 Å². The molecule has 1 atom stereocenters. The second-order valence-electron chi connectivity index (χ2n) is 9.93. The lowest BCUT2D eigenvalue weighted by atomic mass is 9.74. The zero-order valence-corrected chi connectivity index (χ0v) is 18.9. The molecule has 0 saturated carbocycles. The molecule has 5 heteroatoms. The summed E-state index contributed by atoms with van der Waals surface area (Å²) in [6, 6.07) is 14.5. The average molecular weight is 424 g/mol. The van der Waals surface area contributed by atoms with E-state index in [1.165, 1.54) is 12.1 Å². The Morgan fingerprint density at radius 3 is 2.19 bits per heavy atom. The number of fused-ring (bicyclic) bond motifs is 5. The quantitative estimate of drug-likeness (QED) is 0.702. The van der Waals surface area contributed by atoms with Crippen LogP contribution in [0.25, 0.3) is 11.1 Å². The van der Waals surface area contributed by atoms with E-state index in [4.69, 9.17) is 0 Å². The molecule has 2 amide bonds. The van der Waals surface area contributed by atoms with Gasteiger partial charge in [-0.05, 0) is 101 Å². The van der Waals surface area contributed by atoms with Crippen LogP contribution >= 0.6 is 0 Å². The number of nitrogens with one attached hydrogen (secondary N) is 2. The summed E-state index contributed by atoms with van der Waals surface area (Å²) in [7, 11) is 0. The van der Waals surface area contributed by atoms with Crippen LogP contribution in [0.2, 0.25) is 0 Å². The third kappa shape index (κ3) is 4.93. The molecule has 4 nitrogen and oxygen atoms in total. The van der Waals surface area contributed by atoms with Gasteiger partial charge < -0.3 is 15.5 Å². The Hall–Kier alpha value is -2.40. The highest BCUT2D eigenvalue weighted by Crippen LogP contribution is 2.34. The van der Waals surface area contributed by atoms with Crippen molar-refractivity contribution in [2.45, 2.75) is 57.5 Å². The summed E-state index contributed by atoms with van der Waals surface area (Å²) < 4.78 is 13.2. The van der Waals surface area contributed by atoms with Gasteiger partial charge in [0.15, 0.2) is 0 Å². The second kappa shape index (κ2) is 8.62. The van der Waals surface area contributed by atoms with Crippen LogP contribution in [0.15, 0.2) is 48.5 Å². The highest BCUT2D eigenvalue weighted by atomic mass is 19.1. The van der Waals surface area contributed by atoms with Crippen LogP contribution in [0.5, 0.6) is 0 Å². The lowest BCUT2D eigenvalue weighted by Crippen LogP contribution is -2.60. The molecule has 3 saturated heterocycles. The lowest BCUT2D eigenvalue weighted by molar-refractivity contribution is 0.0816. The predicted octanol–water partition coefficient (Wildman–Crippen LogP) is 5.29. The molecule has 3 aliphatic heterocycles. The van der Waals surface area contributed by atoms with E-state index in [-0.39, 0.29) is 17.4 Å². The first-order valence-electron chi connectivity index (χ1n) is 11.4. The summed E-state index contributed by atoms with van der Waals surface area (Å²) in [6.45, 7) is 9.71.